The summed E-state index contributed by atoms with van der Waals surface area (Å²) < 4.78 is 0. The van der Waals surface area contributed by atoms with Crippen molar-refractivity contribution in [2.45, 2.75) is 44.3 Å². The topological polar surface area (TPSA) is 37.4 Å². The van der Waals surface area contributed by atoms with Gasteiger partial charge in [-0.05, 0) is 62.6 Å². The molecule has 2 aromatic rings. The molecule has 1 aliphatic rings. The molecule has 3 rings (SSSR count). The van der Waals surface area contributed by atoms with Crippen molar-refractivity contribution in [2.24, 2.45) is 0 Å². The van der Waals surface area contributed by atoms with Crippen LogP contribution in [0.4, 0.5) is 5.69 Å². The number of carbonyl (C=O) groups is 2. The number of thioether (sulfide) groups is 1. The molecule has 2 aromatic carbocycles. The minimum atomic E-state index is -0.148. The molecule has 1 amide bonds. The Kier molecular flexibility index (Phi) is 5.00. The van der Waals surface area contributed by atoms with E-state index in [2.05, 4.69) is 32.0 Å². The van der Waals surface area contributed by atoms with Gasteiger partial charge in [-0.2, -0.15) is 0 Å². The highest BCUT2D eigenvalue weighted by molar-refractivity contribution is 8.00. The van der Waals surface area contributed by atoms with Gasteiger partial charge in [-0.1, -0.05) is 17.7 Å². The molecule has 1 aliphatic heterocycles. The number of carbonyl (C=O) groups excluding carboxylic acids is 2. The van der Waals surface area contributed by atoms with Gasteiger partial charge in [0.2, 0.25) is 5.91 Å². The van der Waals surface area contributed by atoms with Gasteiger partial charge in [0.15, 0.2) is 5.78 Å². The van der Waals surface area contributed by atoms with Crippen molar-refractivity contribution in [2.75, 3.05) is 11.4 Å². The van der Waals surface area contributed by atoms with Crippen molar-refractivity contribution in [3.63, 3.8) is 0 Å². The molecule has 0 saturated carbocycles. The fraction of sp³-hybridized carbons (Fsp3) is 0.333. The zero-order valence-corrected chi connectivity index (χ0v) is 15.9. The van der Waals surface area contributed by atoms with E-state index in [9.17, 15) is 9.59 Å². The summed E-state index contributed by atoms with van der Waals surface area (Å²) in [6.07, 6.45) is 0.814. The van der Waals surface area contributed by atoms with E-state index >= 15 is 0 Å². The maximum absolute atomic E-state index is 12.8. The van der Waals surface area contributed by atoms with Crippen LogP contribution < -0.4 is 4.90 Å². The summed E-state index contributed by atoms with van der Waals surface area (Å²) in [4.78, 5) is 27.4. The molecule has 130 valence electrons. The van der Waals surface area contributed by atoms with Crippen LogP contribution in [0.1, 0.15) is 40.9 Å². The third-order valence-corrected chi connectivity index (χ3v) is 5.92. The van der Waals surface area contributed by atoms with Crippen molar-refractivity contribution in [3.8, 4) is 0 Å². The molecule has 0 bridgehead atoms. The minimum Gasteiger partial charge on any atom is -0.312 e. The quantitative estimate of drug-likeness (QED) is 0.596. The standard InChI is InChI=1S/C21H23NO2S/c1-13-5-8-20(14(2)11-13)25-15(3)21(24)18-6-7-19-17(12-18)9-10-22(19)16(4)23/h5-8,11-12,15H,9-10H2,1-4H3. The fourth-order valence-electron chi connectivity index (χ4n) is 3.29. The van der Waals surface area contributed by atoms with E-state index in [1.807, 2.05) is 25.1 Å². The molecule has 1 heterocycles. The number of anilines is 1. The first-order chi connectivity index (χ1) is 11.9. The van der Waals surface area contributed by atoms with Crippen molar-refractivity contribution in [3.05, 3.63) is 58.7 Å². The van der Waals surface area contributed by atoms with Gasteiger partial charge in [0.05, 0.1) is 5.25 Å². The van der Waals surface area contributed by atoms with Gasteiger partial charge < -0.3 is 4.90 Å². The Morgan fingerprint density at radius 1 is 1.12 bits per heavy atom. The second-order valence-corrected chi connectivity index (χ2v) is 8.04. The van der Waals surface area contributed by atoms with Crippen LogP contribution in [0.15, 0.2) is 41.3 Å². The Balaban J connectivity index is 1.78. The van der Waals surface area contributed by atoms with E-state index in [0.717, 1.165) is 28.1 Å². The number of amides is 1. The first kappa shape index (κ1) is 17.7. The third-order valence-electron chi connectivity index (χ3n) is 4.64. The zero-order valence-electron chi connectivity index (χ0n) is 15.1. The Morgan fingerprint density at radius 3 is 2.56 bits per heavy atom. The normalized spacial score (nSPS) is 14.3. The summed E-state index contributed by atoms with van der Waals surface area (Å²) in [5, 5.41) is -0.148. The van der Waals surface area contributed by atoms with Crippen LogP contribution in [0.2, 0.25) is 0 Å². The molecule has 0 spiro atoms. The highest BCUT2D eigenvalue weighted by Crippen LogP contribution is 2.32. The van der Waals surface area contributed by atoms with Gasteiger partial charge in [0.25, 0.3) is 0 Å². The van der Waals surface area contributed by atoms with Crippen LogP contribution in [-0.4, -0.2) is 23.5 Å². The molecular formula is C21H23NO2S. The van der Waals surface area contributed by atoms with Gasteiger partial charge in [-0.25, -0.2) is 0 Å². The molecule has 0 fully saturated rings. The Morgan fingerprint density at radius 2 is 1.88 bits per heavy atom. The number of Topliss-reactive ketones (excluding diaryl/α,β-unsaturated/α-hetero) is 1. The number of hydrogen-bond acceptors (Lipinski definition) is 3. The summed E-state index contributed by atoms with van der Waals surface area (Å²) in [5.41, 5.74) is 5.20. The lowest BCUT2D eigenvalue weighted by atomic mass is 10.0. The second kappa shape index (κ2) is 7.04. The van der Waals surface area contributed by atoms with E-state index in [4.69, 9.17) is 0 Å². The zero-order chi connectivity index (χ0) is 18.1. The highest BCUT2D eigenvalue weighted by atomic mass is 32.2. The van der Waals surface area contributed by atoms with Gasteiger partial charge in [-0.15, -0.1) is 11.8 Å². The molecule has 0 aromatic heterocycles. The van der Waals surface area contributed by atoms with Crippen molar-refractivity contribution < 1.29 is 9.59 Å². The Labute approximate surface area is 153 Å². The van der Waals surface area contributed by atoms with Crippen LogP contribution in [0.25, 0.3) is 0 Å². The first-order valence-electron chi connectivity index (χ1n) is 8.56. The third kappa shape index (κ3) is 3.64. The number of benzene rings is 2. The summed E-state index contributed by atoms with van der Waals surface area (Å²) >= 11 is 1.61. The van der Waals surface area contributed by atoms with Crippen LogP contribution in [-0.2, 0) is 11.2 Å². The summed E-state index contributed by atoms with van der Waals surface area (Å²) in [5.74, 6) is 0.186. The minimum absolute atomic E-state index is 0.0524. The highest BCUT2D eigenvalue weighted by Gasteiger charge is 2.24. The van der Waals surface area contributed by atoms with Gasteiger partial charge in [0.1, 0.15) is 0 Å². The van der Waals surface area contributed by atoms with E-state index in [1.165, 1.54) is 11.1 Å². The average molecular weight is 353 g/mol. The number of aryl methyl sites for hydroxylation is 2. The number of ketones is 1. The fourth-order valence-corrected chi connectivity index (χ4v) is 4.31. The predicted molar refractivity (Wildman–Crippen MR) is 104 cm³/mol. The van der Waals surface area contributed by atoms with Crippen molar-refractivity contribution in [1.29, 1.82) is 0 Å². The summed E-state index contributed by atoms with van der Waals surface area (Å²) in [6.45, 7) is 8.40. The van der Waals surface area contributed by atoms with Crippen LogP contribution >= 0.6 is 11.8 Å². The lowest BCUT2D eigenvalue weighted by Crippen LogP contribution is -2.25. The number of hydrogen-bond donors (Lipinski definition) is 0. The number of fused-ring (bicyclic) bond motifs is 1. The molecule has 3 nitrogen and oxygen atoms in total. The number of nitrogens with zero attached hydrogens (tertiary/aromatic N) is 1. The van der Waals surface area contributed by atoms with Crippen LogP contribution in [0, 0.1) is 13.8 Å². The Bertz CT molecular complexity index is 844. The SMILES string of the molecule is CC(=O)N1CCc2cc(C(=O)C(C)Sc3ccc(C)cc3C)ccc21. The first-order valence-corrected chi connectivity index (χ1v) is 9.44. The molecule has 0 aliphatic carbocycles. The molecule has 1 unspecified atom stereocenters. The molecule has 4 heteroatoms. The van der Waals surface area contributed by atoms with E-state index in [-0.39, 0.29) is 16.9 Å². The molecule has 0 radical (unpaired) electrons. The Hall–Kier alpha value is -2.07. The lowest BCUT2D eigenvalue weighted by molar-refractivity contribution is -0.116. The van der Waals surface area contributed by atoms with Gasteiger partial charge >= 0.3 is 0 Å². The predicted octanol–water partition coefficient (Wildman–Crippen LogP) is 4.58. The largest absolute Gasteiger partial charge is 0.312 e. The molecule has 0 N–H and O–H groups in total. The molecule has 1 atom stereocenters. The van der Waals surface area contributed by atoms with Crippen molar-refractivity contribution >= 4 is 29.1 Å². The second-order valence-electron chi connectivity index (χ2n) is 6.66. The molecule has 0 saturated heterocycles. The summed E-state index contributed by atoms with van der Waals surface area (Å²) in [6, 6.07) is 12.0. The van der Waals surface area contributed by atoms with Gasteiger partial charge in [-0.3, -0.25) is 9.59 Å². The lowest BCUT2D eigenvalue weighted by Gasteiger charge is -2.16. The van der Waals surface area contributed by atoms with Gasteiger partial charge in [0, 0.05) is 29.6 Å². The average Bonchev–Trinajstić information content (AvgIpc) is 3.00. The summed E-state index contributed by atoms with van der Waals surface area (Å²) in [7, 11) is 0. The maximum atomic E-state index is 12.8. The molecular weight excluding hydrogens is 330 g/mol. The van der Waals surface area contributed by atoms with Crippen molar-refractivity contribution in [1.82, 2.24) is 0 Å². The van der Waals surface area contributed by atoms with Crippen LogP contribution in [0.5, 0.6) is 0 Å². The smallest absolute Gasteiger partial charge is 0.223 e. The van der Waals surface area contributed by atoms with Crippen LogP contribution in [0.3, 0.4) is 0 Å². The monoisotopic (exact) mass is 353 g/mol. The van der Waals surface area contributed by atoms with E-state index in [0.29, 0.717) is 6.54 Å². The molecule has 25 heavy (non-hydrogen) atoms. The number of rotatable bonds is 4. The van der Waals surface area contributed by atoms with E-state index < -0.39 is 0 Å². The van der Waals surface area contributed by atoms with E-state index in [1.54, 1.807) is 23.6 Å². The maximum Gasteiger partial charge on any atom is 0.223 e.